The van der Waals surface area contributed by atoms with Crippen molar-refractivity contribution in [1.29, 1.82) is 0 Å². The van der Waals surface area contributed by atoms with Crippen LogP contribution >= 0.6 is 12.4 Å². The summed E-state index contributed by atoms with van der Waals surface area (Å²) in [5, 5.41) is 4.81. The van der Waals surface area contributed by atoms with Gasteiger partial charge in [0.1, 0.15) is 0 Å². The van der Waals surface area contributed by atoms with Crippen LogP contribution in [0.2, 0.25) is 0 Å². The molecule has 0 fully saturated rings. The number of aryl methyl sites for hydroxylation is 3. The first-order valence-corrected chi connectivity index (χ1v) is 7.80. The van der Waals surface area contributed by atoms with E-state index >= 15 is 0 Å². The molecule has 0 aliphatic carbocycles. The molecule has 3 rings (SSSR count). The Bertz CT molecular complexity index is 798. The summed E-state index contributed by atoms with van der Waals surface area (Å²) in [5.74, 6) is 0. The molecular formula is C20H23ClN2. The van der Waals surface area contributed by atoms with Crippen molar-refractivity contribution in [3.63, 3.8) is 0 Å². The van der Waals surface area contributed by atoms with Crippen molar-refractivity contribution in [2.75, 3.05) is 11.9 Å². The van der Waals surface area contributed by atoms with E-state index in [9.17, 15) is 0 Å². The number of pyridine rings is 1. The van der Waals surface area contributed by atoms with Crippen LogP contribution in [0.4, 0.5) is 5.69 Å². The molecule has 0 amide bonds. The van der Waals surface area contributed by atoms with E-state index in [0.717, 1.165) is 24.2 Å². The Hall–Kier alpha value is -2.06. The number of hydrogen-bond donors (Lipinski definition) is 1. The van der Waals surface area contributed by atoms with Crippen LogP contribution < -0.4 is 5.32 Å². The third kappa shape index (κ3) is 4.02. The zero-order valence-electron chi connectivity index (χ0n) is 13.9. The summed E-state index contributed by atoms with van der Waals surface area (Å²) >= 11 is 0. The summed E-state index contributed by atoms with van der Waals surface area (Å²) in [6, 6.07) is 17.1. The predicted molar refractivity (Wildman–Crippen MR) is 102 cm³/mol. The van der Waals surface area contributed by atoms with Gasteiger partial charge in [0.05, 0.1) is 5.52 Å². The van der Waals surface area contributed by atoms with Crippen molar-refractivity contribution >= 4 is 29.0 Å². The fourth-order valence-corrected chi connectivity index (χ4v) is 2.94. The standard InChI is InChI=1S/C20H22N2.ClH/c1-14-11-15(2)20-18(12-14)19(13-16(3)22-20)21-10-9-17-7-5-4-6-8-17;/h4-8,11-13H,9-10H2,1-3H3,(H,21,22);1H. The van der Waals surface area contributed by atoms with Crippen LogP contribution in [0.25, 0.3) is 10.9 Å². The van der Waals surface area contributed by atoms with Gasteiger partial charge in [-0.25, -0.2) is 0 Å². The summed E-state index contributed by atoms with van der Waals surface area (Å²) in [6.45, 7) is 7.26. The summed E-state index contributed by atoms with van der Waals surface area (Å²) in [5.41, 5.74) is 7.23. The number of rotatable bonds is 4. The first-order chi connectivity index (χ1) is 10.6. The average Bonchev–Trinajstić information content (AvgIpc) is 2.49. The van der Waals surface area contributed by atoms with E-state index in [2.05, 4.69) is 74.6 Å². The average molecular weight is 327 g/mol. The lowest BCUT2D eigenvalue weighted by Gasteiger charge is -2.13. The molecule has 1 heterocycles. The van der Waals surface area contributed by atoms with E-state index in [-0.39, 0.29) is 12.4 Å². The molecule has 0 radical (unpaired) electrons. The second kappa shape index (κ2) is 7.47. The highest BCUT2D eigenvalue weighted by atomic mass is 35.5. The summed E-state index contributed by atoms with van der Waals surface area (Å²) < 4.78 is 0. The second-order valence-electron chi connectivity index (χ2n) is 5.95. The normalized spacial score (nSPS) is 10.4. The molecule has 23 heavy (non-hydrogen) atoms. The number of nitrogens with zero attached hydrogens (tertiary/aromatic N) is 1. The van der Waals surface area contributed by atoms with Crippen molar-refractivity contribution in [2.24, 2.45) is 0 Å². The van der Waals surface area contributed by atoms with E-state index in [4.69, 9.17) is 4.98 Å². The van der Waals surface area contributed by atoms with E-state index < -0.39 is 0 Å². The van der Waals surface area contributed by atoms with Gasteiger partial charge in [0.25, 0.3) is 0 Å². The molecule has 1 aromatic heterocycles. The number of fused-ring (bicyclic) bond motifs is 1. The van der Waals surface area contributed by atoms with Crippen molar-refractivity contribution in [3.05, 3.63) is 70.9 Å². The van der Waals surface area contributed by atoms with Crippen molar-refractivity contribution in [2.45, 2.75) is 27.2 Å². The number of aromatic nitrogens is 1. The van der Waals surface area contributed by atoms with Crippen LogP contribution in [0.1, 0.15) is 22.4 Å². The highest BCUT2D eigenvalue weighted by Crippen LogP contribution is 2.27. The Morgan fingerprint density at radius 1 is 0.957 bits per heavy atom. The monoisotopic (exact) mass is 326 g/mol. The Kier molecular flexibility index (Phi) is 5.62. The van der Waals surface area contributed by atoms with Crippen LogP contribution in [0.5, 0.6) is 0 Å². The van der Waals surface area contributed by atoms with Gasteiger partial charge in [0.2, 0.25) is 0 Å². The lowest BCUT2D eigenvalue weighted by atomic mass is 10.0. The Morgan fingerprint density at radius 3 is 2.43 bits per heavy atom. The van der Waals surface area contributed by atoms with Gasteiger partial charge in [-0.2, -0.15) is 0 Å². The molecule has 0 atom stereocenters. The van der Waals surface area contributed by atoms with E-state index in [1.165, 1.54) is 27.8 Å². The Labute approximate surface area is 144 Å². The summed E-state index contributed by atoms with van der Waals surface area (Å²) in [6.07, 6.45) is 1.02. The quantitative estimate of drug-likeness (QED) is 0.709. The van der Waals surface area contributed by atoms with Crippen LogP contribution in [-0.2, 0) is 6.42 Å². The van der Waals surface area contributed by atoms with Gasteiger partial charge in [-0.3, -0.25) is 4.98 Å². The maximum absolute atomic E-state index is 4.70. The molecule has 0 spiro atoms. The lowest BCUT2D eigenvalue weighted by Crippen LogP contribution is -2.06. The molecule has 120 valence electrons. The summed E-state index contributed by atoms with van der Waals surface area (Å²) in [4.78, 5) is 4.70. The van der Waals surface area contributed by atoms with Gasteiger partial charge in [-0.15, -0.1) is 12.4 Å². The SMILES string of the molecule is Cc1cc(C)c2nc(C)cc(NCCc3ccccc3)c2c1.Cl. The predicted octanol–water partition coefficient (Wildman–Crippen LogP) is 5.24. The molecule has 0 saturated carbocycles. The highest BCUT2D eigenvalue weighted by molar-refractivity contribution is 5.93. The van der Waals surface area contributed by atoms with Crippen LogP contribution in [0.15, 0.2) is 48.5 Å². The molecule has 3 heteroatoms. The van der Waals surface area contributed by atoms with Gasteiger partial charge in [-0.1, -0.05) is 42.0 Å². The fourth-order valence-electron chi connectivity index (χ4n) is 2.94. The molecule has 0 bridgehead atoms. The largest absolute Gasteiger partial charge is 0.384 e. The maximum atomic E-state index is 4.70. The van der Waals surface area contributed by atoms with Crippen molar-refractivity contribution in [1.82, 2.24) is 4.98 Å². The minimum Gasteiger partial charge on any atom is -0.384 e. The minimum absolute atomic E-state index is 0. The van der Waals surface area contributed by atoms with Crippen LogP contribution in [0, 0.1) is 20.8 Å². The first kappa shape index (κ1) is 17.3. The molecule has 0 saturated heterocycles. The zero-order chi connectivity index (χ0) is 15.5. The summed E-state index contributed by atoms with van der Waals surface area (Å²) in [7, 11) is 0. The van der Waals surface area contributed by atoms with Crippen LogP contribution in [0.3, 0.4) is 0 Å². The van der Waals surface area contributed by atoms with Gasteiger partial charge in [0.15, 0.2) is 0 Å². The minimum atomic E-state index is 0. The number of nitrogens with one attached hydrogen (secondary N) is 1. The van der Waals surface area contributed by atoms with Gasteiger partial charge in [0, 0.05) is 23.3 Å². The zero-order valence-corrected chi connectivity index (χ0v) is 14.7. The van der Waals surface area contributed by atoms with Gasteiger partial charge >= 0.3 is 0 Å². The highest BCUT2D eigenvalue weighted by Gasteiger charge is 2.07. The van der Waals surface area contributed by atoms with Crippen molar-refractivity contribution < 1.29 is 0 Å². The molecular weight excluding hydrogens is 304 g/mol. The van der Waals surface area contributed by atoms with E-state index in [1.807, 2.05) is 0 Å². The van der Waals surface area contributed by atoms with E-state index in [0.29, 0.717) is 0 Å². The first-order valence-electron chi connectivity index (χ1n) is 7.80. The smallest absolute Gasteiger partial charge is 0.0755 e. The molecule has 2 nitrogen and oxygen atoms in total. The number of hydrogen-bond acceptors (Lipinski definition) is 2. The number of halogens is 1. The van der Waals surface area contributed by atoms with Gasteiger partial charge < -0.3 is 5.32 Å². The molecule has 1 N–H and O–H groups in total. The topological polar surface area (TPSA) is 24.9 Å². The fraction of sp³-hybridized carbons (Fsp3) is 0.250. The molecule has 0 aliphatic rings. The van der Waals surface area contributed by atoms with Gasteiger partial charge in [-0.05, 0) is 50.5 Å². The number of anilines is 1. The third-order valence-electron chi connectivity index (χ3n) is 3.95. The molecule has 2 aromatic carbocycles. The second-order valence-corrected chi connectivity index (χ2v) is 5.95. The van der Waals surface area contributed by atoms with Crippen molar-refractivity contribution in [3.8, 4) is 0 Å². The van der Waals surface area contributed by atoms with E-state index in [1.54, 1.807) is 0 Å². The maximum Gasteiger partial charge on any atom is 0.0755 e. The number of benzene rings is 2. The third-order valence-corrected chi connectivity index (χ3v) is 3.95. The lowest BCUT2D eigenvalue weighted by molar-refractivity contribution is 1.02. The molecule has 0 aliphatic heterocycles. The Morgan fingerprint density at radius 2 is 1.70 bits per heavy atom. The molecule has 3 aromatic rings. The Balaban J connectivity index is 0.00000192. The van der Waals surface area contributed by atoms with Crippen LogP contribution in [-0.4, -0.2) is 11.5 Å². The molecule has 0 unspecified atom stereocenters.